The number of methoxy groups -OCH3 is 1. The van der Waals surface area contributed by atoms with Gasteiger partial charge < -0.3 is 4.74 Å². The van der Waals surface area contributed by atoms with Crippen molar-refractivity contribution in [3.8, 4) is 0 Å². The van der Waals surface area contributed by atoms with E-state index in [9.17, 15) is 0 Å². The van der Waals surface area contributed by atoms with E-state index in [0.717, 1.165) is 5.69 Å². The van der Waals surface area contributed by atoms with Crippen LogP contribution < -0.4 is 0 Å². The van der Waals surface area contributed by atoms with Crippen molar-refractivity contribution in [2.45, 2.75) is 4.51 Å². The fourth-order valence-electron chi connectivity index (χ4n) is 0.811. The predicted molar refractivity (Wildman–Crippen MR) is 55.6 cm³/mol. The lowest BCUT2D eigenvalue weighted by atomic mass is 10.2. The predicted octanol–water partition coefficient (Wildman–Crippen LogP) is 2.67. The highest BCUT2D eigenvalue weighted by Crippen LogP contribution is 2.32. The number of halogens is 2. The molecule has 66 valence electrons. The van der Waals surface area contributed by atoms with Crippen LogP contribution in [0.5, 0.6) is 0 Å². The fraction of sp³-hybridized carbons (Fsp3) is 0.375. The Balaban J connectivity index is 2.95. The fourth-order valence-corrected chi connectivity index (χ4v) is 1.56. The van der Waals surface area contributed by atoms with Gasteiger partial charge in [0.2, 0.25) is 0 Å². The van der Waals surface area contributed by atoms with E-state index >= 15 is 0 Å². The number of hydrogen-bond donors (Lipinski definition) is 0. The Morgan fingerprint density at radius 1 is 1.58 bits per heavy atom. The van der Waals surface area contributed by atoms with Gasteiger partial charge in [-0.15, -0.1) is 0 Å². The number of hydrogen-bond acceptors (Lipinski definition) is 2. The summed E-state index contributed by atoms with van der Waals surface area (Å²) in [4.78, 5) is 4.19. The lowest BCUT2D eigenvalue weighted by Crippen LogP contribution is -2.23. The molecular weight excluding hydrogens is 286 g/mol. The zero-order chi connectivity index (χ0) is 9.03. The zero-order valence-corrected chi connectivity index (χ0v) is 9.80. The highest BCUT2D eigenvalue weighted by atomic mass is 79.9. The van der Waals surface area contributed by atoms with E-state index in [4.69, 9.17) is 4.74 Å². The van der Waals surface area contributed by atoms with Crippen LogP contribution in [-0.2, 0) is 9.25 Å². The molecule has 1 heterocycles. The van der Waals surface area contributed by atoms with E-state index in [1.807, 2.05) is 18.2 Å². The maximum Gasteiger partial charge on any atom is 0.173 e. The molecule has 1 aromatic rings. The summed E-state index contributed by atoms with van der Waals surface area (Å²) in [6.07, 6.45) is 1.74. The van der Waals surface area contributed by atoms with Gasteiger partial charge in [-0.1, -0.05) is 22.0 Å². The van der Waals surface area contributed by atoms with Gasteiger partial charge in [0.25, 0.3) is 0 Å². The molecule has 0 aliphatic heterocycles. The second-order valence-electron chi connectivity index (χ2n) is 2.28. The van der Waals surface area contributed by atoms with Crippen molar-refractivity contribution in [3.05, 3.63) is 30.1 Å². The van der Waals surface area contributed by atoms with Crippen molar-refractivity contribution in [2.24, 2.45) is 0 Å². The molecule has 0 amide bonds. The van der Waals surface area contributed by atoms with Gasteiger partial charge >= 0.3 is 0 Å². The molecule has 0 aromatic carbocycles. The average Bonchev–Trinajstić information content (AvgIpc) is 2.18. The van der Waals surface area contributed by atoms with Crippen molar-refractivity contribution in [2.75, 3.05) is 12.4 Å². The summed E-state index contributed by atoms with van der Waals surface area (Å²) in [5.41, 5.74) is 0.865. The van der Waals surface area contributed by atoms with Crippen LogP contribution in [0.15, 0.2) is 24.4 Å². The van der Waals surface area contributed by atoms with Gasteiger partial charge in [-0.25, -0.2) is 0 Å². The Morgan fingerprint density at radius 2 is 2.33 bits per heavy atom. The standard InChI is InChI=1S/C8H9Br2NO/c1-12-8(10,6-9)7-4-2-3-5-11-7/h2-5H,6H2,1H3. The Labute approximate surface area is 88.6 Å². The van der Waals surface area contributed by atoms with Crippen molar-refractivity contribution < 1.29 is 4.74 Å². The lowest BCUT2D eigenvalue weighted by Gasteiger charge is -2.22. The number of nitrogens with zero attached hydrogens (tertiary/aromatic N) is 1. The van der Waals surface area contributed by atoms with E-state index in [0.29, 0.717) is 5.33 Å². The first-order valence-corrected chi connectivity index (χ1v) is 5.36. The third-order valence-electron chi connectivity index (χ3n) is 1.54. The molecule has 1 atom stereocenters. The van der Waals surface area contributed by atoms with Crippen LogP contribution in [-0.4, -0.2) is 17.4 Å². The molecule has 0 bridgehead atoms. The molecule has 1 aromatic heterocycles. The minimum Gasteiger partial charge on any atom is -0.360 e. The topological polar surface area (TPSA) is 22.1 Å². The second kappa shape index (κ2) is 4.35. The van der Waals surface area contributed by atoms with Gasteiger partial charge in [-0.3, -0.25) is 4.98 Å². The van der Waals surface area contributed by atoms with Crippen LogP contribution in [0.4, 0.5) is 0 Å². The van der Waals surface area contributed by atoms with Gasteiger partial charge in [0.05, 0.1) is 5.69 Å². The first-order chi connectivity index (χ1) is 5.73. The molecule has 0 radical (unpaired) electrons. The van der Waals surface area contributed by atoms with Crippen LogP contribution >= 0.6 is 31.9 Å². The van der Waals surface area contributed by atoms with Gasteiger partial charge in [0, 0.05) is 18.6 Å². The number of rotatable bonds is 3. The van der Waals surface area contributed by atoms with Crippen LogP contribution in [0.1, 0.15) is 5.69 Å². The third kappa shape index (κ3) is 2.06. The van der Waals surface area contributed by atoms with E-state index in [1.54, 1.807) is 13.3 Å². The van der Waals surface area contributed by atoms with Gasteiger partial charge in [0.1, 0.15) is 0 Å². The molecule has 0 N–H and O–H groups in total. The summed E-state index contributed by atoms with van der Waals surface area (Å²) < 4.78 is 4.77. The molecular formula is C8H9Br2NO. The molecule has 12 heavy (non-hydrogen) atoms. The monoisotopic (exact) mass is 293 g/mol. The molecule has 0 aliphatic rings. The summed E-state index contributed by atoms with van der Waals surface area (Å²) >= 11 is 6.82. The maximum absolute atomic E-state index is 5.28. The third-order valence-corrected chi connectivity index (χ3v) is 4.10. The summed E-state index contributed by atoms with van der Waals surface area (Å²) in [5, 5.41) is 0.660. The minimum absolute atomic E-state index is 0.506. The highest BCUT2D eigenvalue weighted by molar-refractivity contribution is 9.12. The Kier molecular flexibility index (Phi) is 3.68. The van der Waals surface area contributed by atoms with Crippen LogP contribution in [0, 0.1) is 0 Å². The second-order valence-corrected chi connectivity index (χ2v) is 4.12. The maximum atomic E-state index is 5.28. The first-order valence-electron chi connectivity index (χ1n) is 3.44. The minimum atomic E-state index is -0.506. The molecule has 0 spiro atoms. The van der Waals surface area contributed by atoms with Crippen molar-refractivity contribution >= 4 is 31.9 Å². The number of ether oxygens (including phenoxy) is 1. The van der Waals surface area contributed by atoms with Crippen molar-refractivity contribution in [1.29, 1.82) is 0 Å². The van der Waals surface area contributed by atoms with Gasteiger partial charge in [-0.2, -0.15) is 0 Å². The van der Waals surface area contributed by atoms with E-state index in [1.165, 1.54) is 0 Å². The first kappa shape index (κ1) is 10.2. The quantitative estimate of drug-likeness (QED) is 0.800. The molecule has 4 heteroatoms. The van der Waals surface area contributed by atoms with Crippen LogP contribution in [0.3, 0.4) is 0 Å². The molecule has 0 saturated carbocycles. The Bertz CT molecular complexity index is 236. The summed E-state index contributed by atoms with van der Waals surface area (Å²) in [6, 6.07) is 5.72. The Hall–Kier alpha value is 0.0700. The zero-order valence-electron chi connectivity index (χ0n) is 6.63. The number of aromatic nitrogens is 1. The molecule has 2 nitrogen and oxygen atoms in total. The van der Waals surface area contributed by atoms with Crippen LogP contribution in [0.2, 0.25) is 0 Å². The van der Waals surface area contributed by atoms with E-state index in [-0.39, 0.29) is 0 Å². The summed E-state index contributed by atoms with van der Waals surface area (Å²) in [7, 11) is 1.64. The van der Waals surface area contributed by atoms with Crippen molar-refractivity contribution in [1.82, 2.24) is 4.98 Å². The summed E-state index contributed by atoms with van der Waals surface area (Å²) in [6.45, 7) is 0. The SMILES string of the molecule is COC(Br)(CBr)c1ccccn1. The average molecular weight is 295 g/mol. The molecule has 1 unspecified atom stereocenters. The van der Waals surface area contributed by atoms with E-state index in [2.05, 4.69) is 36.8 Å². The van der Waals surface area contributed by atoms with Crippen molar-refractivity contribution in [3.63, 3.8) is 0 Å². The lowest BCUT2D eigenvalue weighted by molar-refractivity contribution is 0.0942. The Morgan fingerprint density at radius 3 is 2.75 bits per heavy atom. The van der Waals surface area contributed by atoms with E-state index < -0.39 is 4.51 Å². The molecule has 1 rings (SSSR count). The number of pyridine rings is 1. The summed E-state index contributed by atoms with van der Waals surface area (Å²) in [5.74, 6) is 0. The normalized spacial score (nSPS) is 15.6. The van der Waals surface area contributed by atoms with Gasteiger partial charge in [-0.05, 0) is 28.1 Å². The van der Waals surface area contributed by atoms with Gasteiger partial charge in [0.15, 0.2) is 4.51 Å². The molecule has 0 saturated heterocycles. The molecule has 0 aliphatic carbocycles. The van der Waals surface area contributed by atoms with Crippen LogP contribution in [0.25, 0.3) is 0 Å². The molecule has 0 fully saturated rings. The number of alkyl halides is 2. The largest absolute Gasteiger partial charge is 0.360 e. The highest BCUT2D eigenvalue weighted by Gasteiger charge is 2.28. The smallest absolute Gasteiger partial charge is 0.173 e.